The van der Waals surface area contributed by atoms with Crippen LogP contribution in [0.3, 0.4) is 0 Å². The van der Waals surface area contributed by atoms with Crippen molar-refractivity contribution in [2.75, 3.05) is 0 Å². The minimum Gasteiger partial charge on any atom is -0.200 e. The molecule has 0 saturated carbocycles. The Morgan fingerprint density at radius 1 is 0.938 bits per heavy atom. The van der Waals surface area contributed by atoms with Gasteiger partial charge in [0.05, 0.1) is 4.70 Å². The van der Waals surface area contributed by atoms with Gasteiger partial charge in [-0.25, -0.2) is 0 Å². The van der Waals surface area contributed by atoms with Crippen LogP contribution >= 0.6 is 11.5 Å². The Balaban J connectivity index is 2.14. The Bertz CT molecular complexity index is 623. The number of fused-ring (bicyclic) bond motifs is 1. The van der Waals surface area contributed by atoms with E-state index in [-0.39, 0.29) is 0 Å². The lowest BCUT2D eigenvalue weighted by molar-refractivity contribution is 1.47. The number of nitrogens with zero attached hydrogens (tertiary/aromatic N) is 1. The second-order valence-corrected chi connectivity index (χ2v) is 4.78. The van der Waals surface area contributed by atoms with Crippen LogP contribution in [0.1, 0.15) is 5.56 Å². The molecule has 0 bridgehead atoms. The largest absolute Gasteiger partial charge is 0.200 e. The second-order valence-electron chi connectivity index (χ2n) is 3.94. The van der Waals surface area contributed by atoms with Crippen molar-refractivity contribution in [1.82, 2.24) is 4.37 Å². The molecule has 1 aromatic heterocycles. The fourth-order valence-corrected chi connectivity index (χ4v) is 2.47. The molecule has 0 unspecified atom stereocenters. The molecule has 3 rings (SSSR count). The summed E-state index contributed by atoms with van der Waals surface area (Å²) in [6.07, 6.45) is 1.92. The van der Waals surface area contributed by atoms with E-state index >= 15 is 0 Å². The molecule has 0 saturated heterocycles. The summed E-state index contributed by atoms with van der Waals surface area (Å²) in [5.41, 5.74) is 3.82. The minimum atomic E-state index is 1.22. The Labute approximate surface area is 98.5 Å². The Morgan fingerprint density at radius 3 is 2.50 bits per heavy atom. The molecule has 0 atom stereocenters. The molecular formula is C14H11NS. The van der Waals surface area contributed by atoms with Gasteiger partial charge in [-0.2, -0.15) is 4.37 Å². The van der Waals surface area contributed by atoms with Gasteiger partial charge in [-0.05, 0) is 35.6 Å². The van der Waals surface area contributed by atoms with Crippen LogP contribution in [0.15, 0.2) is 48.7 Å². The molecule has 0 amide bonds. The maximum atomic E-state index is 4.19. The van der Waals surface area contributed by atoms with Gasteiger partial charge in [0.25, 0.3) is 0 Å². The van der Waals surface area contributed by atoms with Crippen LogP contribution in [0.5, 0.6) is 0 Å². The first kappa shape index (κ1) is 9.55. The van der Waals surface area contributed by atoms with Crippen LogP contribution in [0, 0.1) is 6.92 Å². The Morgan fingerprint density at radius 2 is 1.69 bits per heavy atom. The Kier molecular flexibility index (Phi) is 2.22. The third kappa shape index (κ3) is 1.61. The zero-order valence-corrected chi connectivity index (χ0v) is 9.79. The summed E-state index contributed by atoms with van der Waals surface area (Å²) in [5.74, 6) is 0. The van der Waals surface area contributed by atoms with Crippen LogP contribution in [-0.2, 0) is 0 Å². The first-order valence-electron chi connectivity index (χ1n) is 5.24. The summed E-state index contributed by atoms with van der Waals surface area (Å²) in [7, 11) is 0. The van der Waals surface area contributed by atoms with Crippen molar-refractivity contribution < 1.29 is 0 Å². The predicted octanol–water partition coefficient (Wildman–Crippen LogP) is 4.27. The number of rotatable bonds is 1. The second kappa shape index (κ2) is 3.72. The number of aromatic nitrogens is 1. The van der Waals surface area contributed by atoms with Crippen LogP contribution in [0.4, 0.5) is 0 Å². The summed E-state index contributed by atoms with van der Waals surface area (Å²) >= 11 is 1.55. The maximum absolute atomic E-state index is 4.19. The molecule has 0 N–H and O–H groups in total. The summed E-state index contributed by atoms with van der Waals surface area (Å²) in [4.78, 5) is 0. The molecule has 2 aromatic carbocycles. The van der Waals surface area contributed by atoms with Crippen molar-refractivity contribution in [2.24, 2.45) is 0 Å². The van der Waals surface area contributed by atoms with E-state index in [9.17, 15) is 0 Å². The van der Waals surface area contributed by atoms with Crippen molar-refractivity contribution in [1.29, 1.82) is 0 Å². The lowest BCUT2D eigenvalue weighted by Gasteiger charge is -2.02. The third-order valence-electron chi connectivity index (χ3n) is 2.74. The van der Waals surface area contributed by atoms with E-state index in [1.807, 2.05) is 6.20 Å². The minimum absolute atomic E-state index is 1.22. The number of hydrogen-bond donors (Lipinski definition) is 0. The highest BCUT2D eigenvalue weighted by Gasteiger charge is 2.00. The van der Waals surface area contributed by atoms with Gasteiger partial charge in [0.1, 0.15) is 0 Å². The average Bonchev–Trinajstić information content (AvgIpc) is 2.77. The van der Waals surface area contributed by atoms with Crippen LogP contribution in [0.2, 0.25) is 0 Å². The average molecular weight is 225 g/mol. The smallest absolute Gasteiger partial charge is 0.0556 e. The number of aryl methyl sites for hydroxylation is 1. The van der Waals surface area contributed by atoms with Gasteiger partial charge in [-0.1, -0.05) is 42.0 Å². The molecule has 0 aliphatic heterocycles. The van der Waals surface area contributed by atoms with E-state index in [0.717, 1.165) is 0 Å². The fourth-order valence-electron chi connectivity index (χ4n) is 1.79. The topological polar surface area (TPSA) is 12.9 Å². The standard InChI is InChI=1S/C14H11NS/c1-10-2-4-11(5-3-10)12-6-7-13-9-15-16-14(13)8-12/h2-9H,1H3. The van der Waals surface area contributed by atoms with Crippen molar-refractivity contribution in [3.63, 3.8) is 0 Å². The van der Waals surface area contributed by atoms with E-state index in [0.29, 0.717) is 0 Å². The van der Waals surface area contributed by atoms with Crippen LogP contribution in [-0.4, -0.2) is 4.37 Å². The quantitative estimate of drug-likeness (QED) is 0.602. The lowest BCUT2D eigenvalue weighted by Crippen LogP contribution is -1.77. The van der Waals surface area contributed by atoms with Crippen LogP contribution in [0.25, 0.3) is 21.2 Å². The van der Waals surface area contributed by atoms with Crippen molar-refractivity contribution in [2.45, 2.75) is 6.92 Å². The molecule has 0 spiro atoms. The molecule has 0 aliphatic rings. The molecule has 3 aromatic rings. The zero-order chi connectivity index (χ0) is 11.0. The Hall–Kier alpha value is -1.67. The van der Waals surface area contributed by atoms with Gasteiger partial charge >= 0.3 is 0 Å². The molecule has 1 nitrogen and oxygen atoms in total. The highest BCUT2D eigenvalue weighted by molar-refractivity contribution is 7.13. The highest BCUT2D eigenvalue weighted by Crippen LogP contribution is 2.26. The molecule has 0 fully saturated rings. The van der Waals surface area contributed by atoms with Gasteiger partial charge in [0.2, 0.25) is 0 Å². The molecule has 2 heteroatoms. The number of hydrogen-bond acceptors (Lipinski definition) is 2. The summed E-state index contributed by atoms with van der Waals surface area (Å²) in [6, 6.07) is 15.1. The third-order valence-corrected chi connectivity index (χ3v) is 3.50. The van der Waals surface area contributed by atoms with E-state index in [4.69, 9.17) is 0 Å². The molecule has 78 valence electrons. The fraction of sp³-hybridized carbons (Fsp3) is 0.0714. The zero-order valence-electron chi connectivity index (χ0n) is 8.97. The van der Waals surface area contributed by atoms with Crippen molar-refractivity contribution in [3.8, 4) is 11.1 Å². The van der Waals surface area contributed by atoms with Gasteiger partial charge < -0.3 is 0 Å². The van der Waals surface area contributed by atoms with Crippen LogP contribution < -0.4 is 0 Å². The van der Waals surface area contributed by atoms with Gasteiger partial charge in [0.15, 0.2) is 0 Å². The van der Waals surface area contributed by atoms with Gasteiger partial charge in [0, 0.05) is 11.6 Å². The lowest BCUT2D eigenvalue weighted by atomic mass is 10.0. The van der Waals surface area contributed by atoms with Crippen molar-refractivity contribution >= 4 is 21.6 Å². The predicted molar refractivity (Wildman–Crippen MR) is 69.8 cm³/mol. The highest BCUT2D eigenvalue weighted by atomic mass is 32.1. The molecule has 16 heavy (non-hydrogen) atoms. The normalized spacial score (nSPS) is 10.8. The van der Waals surface area contributed by atoms with Gasteiger partial charge in [-0.15, -0.1) is 0 Å². The monoisotopic (exact) mass is 225 g/mol. The first-order chi connectivity index (χ1) is 7.83. The van der Waals surface area contributed by atoms with E-state index in [1.165, 1.54) is 26.8 Å². The molecule has 0 aliphatic carbocycles. The maximum Gasteiger partial charge on any atom is 0.0556 e. The molecule has 1 heterocycles. The van der Waals surface area contributed by atoms with E-state index < -0.39 is 0 Å². The number of benzene rings is 2. The molecular weight excluding hydrogens is 214 g/mol. The molecule has 0 radical (unpaired) electrons. The van der Waals surface area contributed by atoms with Crippen molar-refractivity contribution in [3.05, 3.63) is 54.2 Å². The summed E-state index contributed by atoms with van der Waals surface area (Å²) in [5, 5.41) is 1.22. The van der Waals surface area contributed by atoms with Gasteiger partial charge in [-0.3, -0.25) is 0 Å². The first-order valence-corrected chi connectivity index (χ1v) is 6.02. The summed E-state index contributed by atoms with van der Waals surface area (Å²) in [6.45, 7) is 2.11. The van der Waals surface area contributed by atoms with E-state index in [1.54, 1.807) is 11.5 Å². The van der Waals surface area contributed by atoms with E-state index in [2.05, 4.69) is 53.8 Å². The SMILES string of the molecule is Cc1ccc(-c2ccc3cnsc3c2)cc1. The summed E-state index contributed by atoms with van der Waals surface area (Å²) < 4.78 is 5.44.